The predicted molar refractivity (Wildman–Crippen MR) is 74.6 cm³/mol. The summed E-state index contributed by atoms with van der Waals surface area (Å²) in [5.41, 5.74) is 0.985. The second kappa shape index (κ2) is 9.59. The Hall–Kier alpha value is -1.32. The van der Waals surface area contributed by atoms with Crippen LogP contribution in [-0.2, 0) is 19.1 Å². The van der Waals surface area contributed by atoms with Crippen molar-refractivity contribution in [3.8, 4) is 0 Å². The highest BCUT2D eigenvalue weighted by Crippen LogP contribution is 2.08. The number of esters is 2. The molecular formula is C15H26O4. The van der Waals surface area contributed by atoms with Crippen LogP contribution in [0.5, 0.6) is 0 Å². The fraction of sp³-hybridized carbons (Fsp3) is 0.733. The van der Waals surface area contributed by atoms with Gasteiger partial charge in [-0.05, 0) is 26.2 Å². The topological polar surface area (TPSA) is 52.6 Å². The van der Waals surface area contributed by atoms with Crippen molar-refractivity contribution in [3.63, 3.8) is 0 Å². The predicted octanol–water partition coefficient (Wildman–Crippen LogP) is 3.25. The van der Waals surface area contributed by atoms with Crippen molar-refractivity contribution in [2.24, 2.45) is 5.92 Å². The van der Waals surface area contributed by atoms with E-state index in [1.54, 1.807) is 0 Å². The maximum absolute atomic E-state index is 11.5. The Bertz CT molecular complexity index is 307. The number of hydrogen-bond acceptors (Lipinski definition) is 4. The van der Waals surface area contributed by atoms with Gasteiger partial charge in [0.1, 0.15) is 6.10 Å². The van der Waals surface area contributed by atoms with Crippen molar-refractivity contribution in [2.75, 3.05) is 6.61 Å². The fourth-order valence-electron chi connectivity index (χ4n) is 1.19. The van der Waals surface area contributed by atoms with Gasteiger partial charge in [0, 0.05) is 19.3 Å². The Labute approximate surface area is 116 Å². The monoisotopic (exact) mass is 270 g/mol. The van der Waals surface area contributed by atoms with Crippen molar-refractivity contribution in [3.05, 3.63) is 12.2 Å². The third-order valence-corrected chi connectivity index (χ3v) is 2.81. The standard InChI is InChI=1S/C15H26O4/c1-11(2)9-10-18-14(16)7-6-8-15(17)19-13(5)12(3)4/h12-13H,1,6-10H2,2-5H3. The van der Waals surface area contributed by atoms with Gasteiger partial charge in [-0.2, -0.15) is 0 Å². The molecule has 0 aliphatic carbocycles. The smallest absolute Gasteiger partial charge is 0.306 e. The van der Waals surface area contributed by atoms with Gasteiger partial charge in [0.2, 0.25) is 0 Å². The number of carbonyl (C=O) groups excluding carboxylic acids is 2. The van der Waals surface area contributed by atoms with Crippen LogP contribution in [0.3, 0.4) is 0 Å². The molecular weight excluding hydrogens is 244 g/mol. The van der Waals surface area contributed by atoms with Crippen molar-refractivity contribution in [2.45, 2.75) is 59.5 Å². The fourth-order valence-corrected chi connectivity index (χ4v) is 1.19. The van der Waals surface area contributed by atoms with Crippen LogP contribution < -0.4 is 0 Å². The first-order valence-electron chi connectivity index (χ1n) is 6.82. The molecule has 4 nitrogen and oxygen atoms in total. The first kappa shape index (κ1) is 17.7. The molecule has 0 bridgehead atoms. The van der Waals surface area contributed by atoms with Crippen LogP contribution in [0.4, 0.5) is 0 Å². The lowest BCUT2D eigenvalue weighted by atomic mass is 10.1. The molecule has 0 heterocycles. The summed E-state index contributed by atoms with van der Waals surface area (Å²) in [5.74, 6) is -0.224. The summed E-state index contributed by atoms with van der Waals surface area (Å²) in [6.45, 7) is 11.8. The van der Waals surface area contributed by atoms with Crippen LogP contribution in [0.2, 0.25) is 0 Å². The van der Waals surface area contributed by atoms with Crippen LogP contribution in [0.1, 0.15) is 53.4 Å². The lowest BCUT2D eigenvalue weighted by molar-refractivity contribution is -0.150. The normalized spacial score (nSPS) is 12.1. The zero-order valence-corrected chi connectivity index (χ0v) is 12.5. The van der Waals surface area contributed by atoms with Crippen LogP contribution in [0.15, 0.2) is 12.2 Å². The van der Waals surface area contributed by atoms with Crippen molar-refractivity contribution >= 4 is 11.9 Å². The molecule has 0 aliphatic heterocycles. The van der Waals surface area contributed by atoms with E-state index >= 15 is 0 Å². The first-order chi connectivity index (χ1) is 8.82. The minimum Gasteiger partial charge on any atom is -0.465 e. The second-order valence-corrected chi connectivity index (χ2v) is 5.22. The third-order valence-electron chi connectivity index (χ3n) is 2.81. The molecule has 0 aliphatic rings. The summed E-state index contributed by atoms with van der Waals surface area (Å²) in [4.78, 5) is 22.8. The number of carbonyl (C=O) groups is 2. The molecule has 0 aromatic heterocycles. The van der Waals surface area contributed by atoms with Crippen LogP contribution in [0.25, 0.3) is 0 Å². The summed E-state index contributed by atoms with van der Waals surface area (Å²) in [5, 5.41) is 0. The molecule has 0 aromatic rings. The maximum Gasteiger partial charge on any atom is 0.306 e. The minimum atomic E-state index is -0.272. The molecule has 0 radical (unpaired) electrons. The minimum absolute atomic E-state index is 0.0879. The zero-order chi connectivity index (χ0) is 14.8. The Kier molecular flexibility index (Phi) is 8.92. The highest BCUT2D eigenvalue weighted by atomic mass is 16.5. The van der Waals surface area contributed by atoms with Crippen molar-refractivity contribution in [1.82, 2.24) is 0 Å². The molecule has 0 N–H and O–H groups in total. The van der Waals surface area contributed by atoms with E-state index in [0.29, 0.717) is 25.4 Å². The summed E-state index contributed by atoms with van der Waals surface area (Å²) in [7, 11) is 0. The van der Waals surface area contributed by atoms with E-state index in [2.05, 4.69) is 6.58 Å². The first-order valence-corrected chi connectivity index (χ1v) is 6.82. The maximum atomic E-state index is 11.5. The summed E-state index contributed by atoms with van der Waals surface area (Å²) in [6.07, 6.45) is 1.57. The van der Waals surface area contributed by atoms with Gasteiger partial charge in [0.25, 0.3) is 0 Å². The molecule has 4 heteroatoms. The van der Waals surface area contributed by atoms with E-state index in [4.69, 9.17) is 9.47 Å². The second-order valence-electron chi connectivity index (χ2n) is 5.22. The van der Waals surface area contributed by atoms with Gasteiger partial charge in [0.15, 0.2) is 0 Å². The summed E-state index contributed by atoms with van der Waals surface area (Å²) < 4.78 is 10.2. The van der Waals surface area contributed by atoms with Gasteiger partial charge in [-0.1, -0.05) is 19.4 Å². The van der Waals surface area contributed by atoms with Gasteiger partial charge in [0.05, 0.1) is 6.61 Å². The molecule has 0 rings (SSSR count). The SMILES string of the molecule is C=C(C)CCOC(=O)CCCC(=O)OC(C)C(C)C. The zero-order valence-electron chi connectivity index (χ0n) is 12.5. The van der Waals surface area contributed by atoms with E-state index in [1.807, 2.05) is 27.7 Å². The number of hydrogen-bond donors (Lipinski definition) is 0. The Morgan fingerprint density at radius 2 is 1.63 bits per heavy atom. The average Bonchev–Trinajstić information content (AvgIpc) is 2.28. The summed E-state index contributed by atoms with van der Waals surface area (Å²) >= 11 is 0. The molecule has 1 atom stereocenters. The molecule has 0 saturated carbocycles. The average molecular weight is 270 g/mol. The Morgan fingerprint density at radius 3 is 2.16 bits per heavy atom. The molecule has 0 fully saturated rings. The Morgan fingerprint density at radius 1 is 1.05 bits per heavy atom. The number of ether oxygens (including phenoxy) is 2. The summed E-state index contributed by atoms with van der Waals surface area (Å²) in [6, 6.07) is 0. The highest BCUT2D eigenvalue weighted by molar-refractivity contribution is 5.72. The van der Waals surface area contributed by atoms with Crippen molar-refractivity contribution in [1.29, 1.82) is 0 Å². The van der Waals surface area contributed by atoms with Gasteiger partial charge in [-0.25, -0.2) is 0 Å². The van der Waals surface area contributed by atoms with Crippen LogP contribution in [0, 0.1) is 5.92 Å². The Balaban J connectivity index is 3.64. The quantitative estimate of drug-likeness (QED) is 0.476. The highest BCUT2D eigenvalue weighted by Gasteiger charge is 2.13. The molecule has 19 heavy (non-hydrogen) atoms. The molecule has 0 aromatic carbocycles. The lowest BCUT2D eigenvalue weighted by Crippen LogP contribution is -2.20. The molecule has 0 saturated heterocycles. The van der Waals surface area contributed by atoms with Gasteiger partial charge in [-0.3, -0.25) is 9.59 Å². The van der Waals surface area contributed by atoms with Gasteiger partial charge in [-0.15, -0.1) is 6.58 Å². The van der Waals surface area contributed by atoms with E-state index in [1.165, 1.54) is 0 Å². The van der Waals surface area contributed by atoms with E-state index in [0.717, 1.165) is 5.57 Å². The van der Waals surface area contributed by atoms with Crippen molar-refractivity contribution < 1.29 is 19.1 Å². The number of rotatable bonds is 9. The molecule has 110 valence electrons. The van der Waals surface area contributed by atoms with Crippen LogP contribution >= 0.6 is 0 Å². The van der Waals surface area contributed by atoms with Crippen LogP contribution in [-0.4, -0.2) is 24.6 Å². The largest absolute Gasteiger partial charge is 0.465 e. The van der Waals surface area contributed by atoms with Gasteiger partial charge >= 0.3 is 11.9 Å². The molecule has 1 unspecified atom stereocenters. The van der Waals surface area contributed by atoms with E-state index in [-0.39, 0.29) is 30.9 Å². The lowest BCUT2D eigenvalue weighted by Gasteiger charge is -2.16. The molecule has 0 spiro atoms. The van der Waals surface area contributed by atoms with Gasteiger partial charge < -0.3 is 9.47 Å². The third kappa shape index (κ3) is 10.3. The molecule has 0 amide bonds. The van der Waals surface area contributed by atoms with E-state index < -0.39 is 0 Å². The van der Waals surface area contributed by atoms with E-state index in [9.17, 15) is 9.59 Å².